The molecule has 1 aliphatic carbocycles. The molecule has 3 aromatic rings. The molecule has 1 fully saturated rings. The number of fused-ring (bicyclic) bond motifs is 1. The Bertz CT molecular complexity index is 1190. The Kier molecular flexibility index (Phi) is 7.49. The van der Waals surface area contributed by atoms with Crippen LogP contribution in [0.5, 0.6) is 0 Å². The lowest BCUT2D eigenvalue weighted by Gasteiger charge is -2.35. The molecule has 0 radical (unpaired) electrons. The van der Waals surface area contributed by atoms with Gasteiger partial charge < -0.3 is 15.0 Å². The Morgan fingerprint density at radius 2 is 2.03 bits per heavy atom. The van der Waals surface area contributed by atoms with Crippen LogP contribution in [-0.4, -0.2) is 38.8 Å². The van der Waals surface area contributed by atoms with E-state index in [0.29, 0.717) is 55.4 Å². The average molecular weight is 508 g/mol. The number of imidazole rings is 1. The summed E-state index contributed by atoms with van der Waals surface area (Å²) in [4.78, 5) is 29.9. The van der Waals surface area contributed by atoms with Crippen molar-refractivity contribution in [1.29, 1.82) is 0 Å². The number of carboxylic acids is 1. The van der Waals surface area contributed by atoms with Gasteiger partial charge in [0.05, 0.1) is 17.0 Å². The molecule has 1 aliphatic rings. The van der Waals surface area contributed by atoms with Crippen molar-refractivity contribution in [3.8, 4) is 0 Å². The number of aliphatic carboxylic acids is 1. The maximum Gasteiger partial charge on any atom is 0.393 e. The number of thiophene rings is 1. The molecule has 2 heterocycles. The minimum atomic E-state index is -4.31. The van der Waals surface area contributed by atoms with Crippen LogP contribution in [0.2, 0.25) is 0 Å². The molecule has 1 amide bonds. The number of hydrogen-bond acceptors (Lipinski definition) is 4. The molecule has 4 rings (SSSR count). The predicted octanol–water partition coefficient (Wildman–Crippen LogP) is 5.97. The van der Waals surface area contributed by atoms with Crippen molar-refractivity contribution >= 4 is 34.2 Å². The Morgan fingerprint density at radius 1 is 1.26 bits per heavy atom. The summed E-state index contributed by atoms with van der Waals surface area (Å²) in [6.07, 6.45) is -1.28. The third kappa shape index (κ3) is 5.52. The van der Waals surface area contributed by atoms with E-state index >= 15 is 0 Å². The third-order valence-electron chi connectivity index (χ3n) is 6.60. The molecule has 0 aliphatic heterocycles. The fourth-order valence-corrected chi connectivity index (χ4v) is 5.64. The van der Waals surface area contributed by atoms with E-state index in [1.54, 1.807) is 10.6 Å². The zero-order chi connectivity index (χ0) is 25.2. The summed E-state index contributed by atoms with van der Waals surface area (Å²) in [6, 6.07) is 6.75. The van der Waals surface area contributed by atoms with Crippen LogP contribution >= 0.6 is 11.3 Å². The molecular formula is C25H28F3N3O3S. The standard InChI is InChI=1S/C25H28F3N3O3S/c1-2-6-18(24(33)34)30-23(32)15-10-11-21-19(13-15)29-22(14-16-7-5-12-35-16)31(21)20-9-4-3-8-17(20)25(26,27)28/h5,7,10-13,17-18,20H,2-4,6,8-9,14H2,1H3,(H,30,32)(H,33,34). The second-order valence-corrected chi connectivity index (χ2v) is 10.0. The molecule has 0 spiro atoms. The van der Waals surface area contributed by atoms with Crippen LogP contribution in [0.15, 0.2) is 35.7 Å². The van der Waals surface area contributed by atoms with Gasteiger partial charge in [0.25, 0.3) is 5.91 Å². The molecule has 3 atom stereocenters. The highest BCUT2D eigenvalue weighted by atomic mass is 32.1. The van der Waals surface area contributed by atoms with Crippen LogP contribution < -0.4 is 5.32 Å². The van der Waals surface area contributed by atoms with E-state index in [0.717, 1.165) is 4.88 Å². The first-order valence-corrected chi connectivity index (χ1v) is 12.7. The zero-order valence-electron chi connectivity index (χ0n) is 19.3. The normalized spacial score (nSPS) is 19.5. The molecule has 3 unspecified atom stereocenters. The molecule has 0 bridgehead atoms. The SMILES string of the molecule is CCCC(NC(=O)c1ccc2c(c1)nc(Cc1cccs1)n2C1CCCCC1C(F)(F)F)C(=O)O. The largest absolute Gasteiger partial charge is 0.480 e. The third-order valence-corrected chi connectivity index (χ3v) is 7.48. The number of alkyl halides is 3. The molecule has 2 aromatic heterocycles. The Morgan fingerprint density at radius 3 is 2.69 bits per heavy atom. The molecule has 0 saturated heterocycles. The maximum atomic E-state index is 14.0. The lowest BCUT2D eigenvalue weighted by Crippen LogP contribution is -2.40. The van der Waals surface area contributed by atoms with Gasteiger partial charge in [0.1, 0.15) is 11.9 Å². The van der Waals surface area contributed by atoms with Crippen LogP contribution in [-0.2, 0) is 11.2 Å². The lowest BCUT2D eigenvalue weighted by atomic mass is 9.83. The first-order chi connectivity index (χ1) is 16.7. The van der Waals surface area contributed by atoms with Crippen LogP contribution in [0.25, 0.3) is 11.0 Å². The van der Waals surface area contributed by atoms with Gasteiger partial charge >= 0.3 is 12.1 Å². The number of nitrogens with zero attached hydrogens (tertiary/aromatic N) is 2. The molecule has 10 heteroatoms. The zero-order valence-corrected chi connectivity index (χ0v) is 20.2. The smallest absolute Gasteiger partial charge is 0.393 e. The minimum Gasteiger partial charge on any atom is -0.480 e. The van der Waals surface area contributed by atoms with Crippen LogP contribution in [0.3, 0.4) is 0 Å². The number of rotatable bonds is 8. The van der Waals surface area contributed by atoms with E-state index in [1.165, 1.54) is 23.5 Å². The number of hydrogen-bond donors (Lipinski definition) is 2. The summed E-state index contributed by atoms with van der Waals surface area (Å²) in [7, 11) is 0. The first-order valence-electron chi connectivity index (χ1n) is 11.8. The quantitative estimate of drug-likeness (QED) is 0.394. The number of benzene rings is 1. The summed E-state index contributed by atoms with van der Waals surface area (Å²) in [6.45, 7) is 1.83. The summed E-state index contributed by atoms with van der Waals surface area (Å²) in [5.41, 5.74) is 1.21. The predicted molar refractivity (Wildman–Crippen MR) is 128 cm³/mol. The van der Waals surface area contributed by atoms with Gasteiger partial charge in [-0.25, -0.2) is 9.78 Å². The Hall–Kier alpha value is -2.88. The lowest BCUT2D eigenvalue weighted by molar-refractivity contribution is -0.193. The van der Waals surface area contributed by atoms with Gasteiger partial charge in [0.15, 0.2) is 0 Å². The van der Waals surface area contributed by atoms with Crippen molar-refractivity contribution in [1.82, 2.24) is 14.9 Å². The fraction of sp³-hybridized carbons (Fsp3) is 0.480. The summed E-state index contributed by atoms with van der Waals surface area (Å²) < 4.78 is 43.7. The molecule has 2 N–H and O–H groups in total. The van der Waals surface area contributed by atoms with E-state index in [4.69, 9.17) is 0 Å². The number of carbonyl (C=O) groups is 2. The van der Waals surface area contributed by atoms with Gasteiger partial charge in [-0.05, 0) is 48.9 Å². The van der Waals surface area contributed by atoms with E-state index in [1.807, 2.05) is 24.4 Å². The average Bonchev–Trinajstić information content (AvgIpc) is 3.45. The summed E-state index contributed by atoms with van der Waals surface area (Å²) in [5.74, 6) is -2.58. The molecule has 6 nitrogen and oxygen atoms in total. The Balaban J connectivity index is 1.75. The van der Waals surface area contributed by atoms with Gasteiger partial charge in [-0.15, -0.1) is 11.3 Å². The highest BCUT2D eigenvalue weighted by Gasteiger charge is 2.47. The molecule has 188 valence electrons. The first kappa shape index (κ1) is 25.2. The van der Waals surface area contributed by atoms with E-state index in [2.05, 4.69) is 10.3 Å². The second kappa shape index (κ2) is 10.4. The Labute approximate surface area is 205 Å². The van der Waals surface area contributed by atoms with Crippen molar-refractivity contribution < 1.29 is 27.9 Å². The van der Waals surface area contributed by atoms with E-state index in [9.17, 15) is 27.9 Å². The van der Waals surface area contributed by atoms with E-state index < -0.39 is 36.1 Å². The van der Waals surface area contributed by atoms with Gasteiger partial charge in [0, 0.05) is 22.9 Å². The van der Waals surface area contributed by atoms with Gasteiger partial charge in [-0.1, -0.05) is 32.3 Å². The van der Waals surface area contributed by atoms with Crippen LogP contribution in [0, 0.1) is 5.92 Å². The molecular weight excluding hydrogens is 479 g/mol. The van der Waals surface area contributed by atoms with Gasteiger partial charge in [0.2, 0.25) is 0 Å². The van der Waals surface area contributed by atoms with Crippen molar-refractivity contribution in [3.05, 3.63) is 52.0 Å². The van der Waals surface area contributed by atoms with Crippen molar-refractivity contribution in [3.63, 3.8) is 0 Å². The highest BCUT2D eigenvalue weighted by Crippen LogP contribution is 2.45. The minimum absolute atomic E-state index is 0.0841. The van der Waals surface area contributed by atoms with Gasteiger partial charge in [-0.3, -0.25) is 4.79 Å². The number of amides is 1. The molecule has 1 saturated carbocycles. The van der Waals surface area contributed by atoms with Crippen molar-refractivity contribution in [2.75, 3.05) is 0 Å². The number of carboxylic acid groups (broad SMARTS) is 1. The monoisotopic (exact) mass is 507 g/mol. The topological polar surface area (TPSA) is 84.2 Å². The summed E-state index contributed by atoms with van der Waals surface area (Å²) >= 11 is 1.52. The van der Waals surface area contributed by atoms with E-state index in [-0.39, 0.29) is 12.0 Å². The maximum absolute atomic E-state index is 14.0. The second-order valence-electron chi connectivity index (χ2n) is 9.01. The number of carbonyl (C=O) groups excluding carboxylic acids is 1. The molecule has 1 aromatic carbocycles. The van der Waals surface area contributed by atoms with Gasteiger partial charge in [-0.2, -0.15) is 13.2 Å². The molecule has 35 heavy (non-hydrogen) atoms. The van der Waals surface area contributed by atoms with Crippen molar-refractivity contribution in [2.24, 2.45) is 5.92 Å². The van der Waals surface area contributed by atoms with Crippen LogP contribution in [0.1, 0.15) is 72.6 Å². The summed E-state index contributed by atoms with van der Waals surface area (Å²) in [5, 5.41) is 13.8. The number of aromatic nitrogens is 2. The van der Waals surface area contributed by atoms with Crippen molar-refractivity contribution in [2.45, 2.75) is 70.1 Å². The fourth-order valence-electron chi connectivity index (χ4n) is 4.94. The highest BCUT2D eigenvalue weighted by molar-refractivity contribution is 7.09. The van der Waals surface area contributed by atoms with Crippen LogP contribution in [0.4, 0.5) is 13.2 Å². The number of halogens is 3. The number of nitrogens with one attached hydrogen (secondary N) is 1.